The molecule has 0 radical (unpaired) electrons. The van der Waals surface area contributed by atoms with Crippen molar-refractivity contribution in [1.29, 1.82) is 0 Å². The summed E-state index contributed by atoms with van der Waals surface area (Å²) in [6, 6.07) is 9.92. The van der Waals surface area contributed by atoms with Crippen molar-refractivity contribution in [3.05, 3.63) is 44.7 Å². The molecule has 4 nitrogen and oxygen atoms in total. The average Bonchev–Trinajstić information content (AvgIpc) is 2.71. The molecule has 94 valence electrons. The summed E-state index contributed by atoms with van der Waals surface area (Å²) in [6.45, 7) is 0.920. The van der Waals surface area contributed by atoms with E-state index in [0.29, 0.717) is 21.2 Å². The van der Waals surface area contributed by atoms with E-state index in [1.807, 2.05) is 30.3 Å². The highest BCUT2D eigenvalue weighted by Gasteiger charge is 2.13. The lowest BCUT2D eigenvalue weighted by Gasteiger charge is -2.02. The standard InChI is InChI=1S/C12H12BrN3OS/c13-10-11(14)16-12(18-10)9(17)7-15-6-8-4-2-1-3-5-8/h1-5,15H,6-7,14H2. The maximum absolute atomic E-state index is 11.8. The Morgan fingerprint density at radius 1 is 1.39 bits per heavy atom. The van der Waals surface area contributed by atoms with Gasteiger partial charge in [-0.1, -0.05) is 30.3 Å². The van der Waals surface area contributed by atoms with Crippen LogP contribution in [0.3, 0.4) is 0 Å². The molecule has 1 heterocycles. The largest absolute Gasteiger partial charge is 0.382 e. The third-order valence-electron chi connectivity index (χ3n) is 2.31. The van der Waals surface area contributed by atoms with Crippen molar-refractivity contribution in [2.24, 2.45) is 0 Å². The molecule has 0 aliphatic carbocycles. The highest BCUT2D eigenvalue weighted by atomic mass is 79.9. The van der Waals surface area contributed by atoms with E-state index in [1.165, 1.54) is 11.3 Å². The van der Waals surface area contributed by atoms with Crippen LogP contribution in [0.4, 0.5) is 5.82 Å². The van der Waals surface area contributed by atoms with Crippen molar-refractivity contribution in [3.8, 4) is 0 Å². The molecule has 0 saturated carbocycles. The van der Waals surface area contributed by atoms with Gasteiger partial charge in [0.25, 0.3) is 0 Å². The molecule has 1 aromatic carbocycles. The molecule has 0 aliphatic rings. The lowest BCUT2D eigenvalue weighted by atomic mass is 10.2. The number of nitrogens with zero attached hydrogens (tertiary/aromatic N) is 1. The molecule has 1 aromatic heterocycles. The minimum absolute atomic E-state index is 0.0478. The Balaban J connectivity index is 1.85. The van der Waals surface area contributed by atoms with Gasteiger partial charge < -0.3 is 11.1 Å². The maximum atomic E-state index is 11.8. The Kier molecular flexibility index (Phi) is 4.46. The number of hydrogen-bond donors (Lipinski definition) is 2. The van der Waals surface area contributed by atoms with Crippen molar-refractivity contribution in [1.82, 2.24) is 10.3 Å². The summed E-state index contributed by atoms with van der Waals surface area (Å²) in [5.41, 5.74) is 6.72. The van der Waals surface area contributed by atoms with Crippen molar-refractivity contribution in [3.63, 3.8) is 0 Å². The van der Waals surface area contributed by atoms with Gasteiger partial charge in [0.15, 0.2) is 5.01 Å². The fourth-order valence-corrected chi connectivity index (χ4v) is 2.62. The fourth-order valence-electron chi connectivity index (χ4n) is 1.42. The number of hydrogen-bond acceptors (Lipinski definition) is 5. The van der Waals surface area contributed by atoms with Crippen LogP contribution < -0.4 is 11.1 Å². The van der Waals surface area contributed by atoms with Crippen LogP contribution in [0, 0.1) is 0 Å². The van der Waals surface area contributed by atoms with Gasteiger partial charge >= 0.3 is 0 Å². The first-order chi connectivity index (χ1) is 8.66. The first kappa shape index (κ1) is 13.2. The van der Waals surface area contributed by atoms with E-state index in [2.05, 4.69) is 26.2 Å². The van der Waals surface area contributed by atoms with E-state index in [-0.39, 0.29) is 12.3 Å². The molecule has 0 atom stereocenters. The summed E-state index contributed by atoms with van der Waals surface area (Å²) in [5, 5.41) is 3.52. The number of halogens is 1. The van der Waals surface area contributed by atoms with E-state index in [4.69, 9.17) is 5.73 Å². The number of carbonyl (C=O) groups is 1. The van der Waals surface area contributed by atoms with E-state index in [1.54, 1.807) is 0 Å². The van der Waals surface area contributed by atoms with Crippen LogP contribution in [-0.2, 0) is 6.54 Å². The summed E-state index contributed by atoms with van der Waals surface area (Å²) in [7, 11) is 0. The normalized spacial score (nSPS) is 10.5. The van der Waals surface area contributed by atoms with Gasteiger partial charge in [0.1, 0.15) is 9.60 Å². The summed E-state index contributed by atoms with van der Waals surface area (Å²) < 4.78 is 0.703. The zero-order valence-electron chi connectivity index (χ0n) is 9.52. The van der Waals surface area contributed by atoms with Crippen LogP contribution in [-0.4, -0.2) is 17.3 Å². The third kappa shape index (κ3) is 3.38. The first-order valence-electron chi connectivity index (χ1n) is 5.36. The smallest absolute Gasteiger partial charge is 0.205 e. The molecule has 0 bridgehead atoms. The molecule has 2 rings (SSSR count). The van der Waals surface area contributed by atoms with E-state index < -0.39 is 0 Å². The number of carbonyl (C=O) groups excluding carboxylic acids is 1. The van der Waals surface area contributed by atoms with Crippen molar-refractivity contribution in [2.45, 2.75) is 6.54 Å². The summed E-state index contributed by atoms with van der Waals surface area (Å²) in [6.07, 6.45) is 0. The summed E-state index contributed by atoms with van der Waals surface area (Å²) in [4.78, 5) is 15.8. The van der Waals surface area contributed by atoms with Gasteiger partial charge in [-0.2, -0.15) is 0 Å². The maximum Gasteiger partial charge on any atom is 0.205 e. The Bertz CT molecular complexity index is 522. The molecular weight excluding hydrogens is 314 g/mol. The lowest BCUT2D eigenvalue weighted by Crippen LogP contribution is -2.22. The number of ketones is 1. The second-order valence-corrected chi connectivity index (χ2v) is 6.01. The van der Waals surface area contributed by atoms with Crippen LogP contribution in [0.1, 0.15) is 15.4 Å². The predicted octanol–water partition coefficient (Wildman–Crippen LogP) is 2.46. The van der Waals surface area contributed by atoms with Crippen LogP contribution in [0.15, 0.2) is 34.1 Å². The quantitative estimate of drug-likeness (QED) is 0.828. The molecule has 0 unspecified atom stereocenters. The van der Waals surface area contributed by atoms with Crippen LogP contribution in [0.25, 0.3) is 0 Å². The van der Waals surface area contributed by atoms with Gasteiger partial charge in [-0.15, -0.1) is 11.3 Å². The summed E-state index contributed by atoms with van der Waals surface area (Å²) in [5.74, 6) is 0.319. The predicted molar refractivity (Wildman–Crippen MR) is 76.7 cm³/mol. The number of nitrogens with two attached hydrogens (primary N) is 1. The molecule has 0 saturated heterocycles. The van der Waals surface area contributed by atoms with Gasteiger partial charge in [-0.05, 0) is 21.5 Å². The Hall–Kier alpha value is -1.24. The monoisotopic (exact) mass is 325 g/mol. The average molecular weight is 326 g/mol. The van der Waals surface area contributed by atoms with Gasteiger partial charge in [0.2, 0.25) is 5.78 Å². The SMILES string of the molecule is Nc1nc(C(=O)CNCc2ccccc2)sc1Br. The minimum Gasteiger partial charge on any atom is -0.382 e. The third-order valence-corrected chi connectivity index (χ3v) is 4.10. The number of thiazole rings is 1. The van der Waals surface area contributed by atoms with Crippen LogP contribution in [0.2, 0.25) is 0 Å². The molecule has 0 amide bonds. The molecular formula is C12H12BrN3OS. The summed E-state index contributed by atoms with van der Waals surface area (Å²) >= 11 is 4.51. The lowest BCUT2D eigenvalue weighted by molar-refractivity contribution is 0.0990. The fraction of sp³-hybridized carbons (Fsp3) is 0.167. The van der Waals surface area contributed by atoms with Gasteiger partial charge in [-0.25, -0.2) is 4.98 Å². The van der Waals surface area contributed by atoms with E-state index in [0.717, 1.165) is 5.56 Å². The van der Waals surface area contributed by atoms with Crippen molar-refractivity contribution in [2.75, 3.05) is 12.3 Å². The van der Waals surface area contributed by atoms with Crippen LogP contribution in [0.5, 0.6) is 0 Å². The number of anilines is 1. The number of benzene rings is 1. The van der Waals surface area contributed by atoms with Gasteiger partial charge in [-0.3, -0.25) is 4.79 Å². The Morgan fingerprint density at radius 3 is 2.72 bits per heavy atom. The van der Waals surface area contributed by atoms with E-state index >= 15 is 0 Å². The van der Waals surface area contributed by atoms with E-state index in [9.17, 15) is 4.79 Å². The molecule has 6 heteroatoms. The molecule has 18 heavy (non-hydrogen) atoms. The zero-order chi connectivity index (χ0) is 13.0. The highest BCUT2D eigenvalue weighted by molar-refractivity contribution is 9.11. The number of Topliss-reactive ketones (excluding diaryl/α,β-unsaturated/α-hetero) is 1. The molecule has 2 aromatic rings. The minimum atomic E-state index is -0.0478. The molecule has 0 fully saturated rings. The second kappa shape index (κ2) is 6.08. The van der Waals surface area contributed by atoms with Crippen molar-refractivity contribution < 1.29 is 4.79 Å². The second-order valence-electron chi connectivity index (χ2n) is 3.69. The molecule has 0 spiro atoms. The first-order valence-corrected chi connectivity index (χ1v) is 6.97. The zero-order valence-corrected chi connectivity index (χ0v) is 11.9. The number of nitrogen functional groups attached to an aromatic ring is 1. The van der Waals surface area contributed by atoms with Crippen molar-refractivity contribution >= 4 is 38.9 Å². The number of aromatic nitrogens is 1. The van der Waals surface area contributed by atoms with Gasteiger partial charge in [0, 0.05) is 6.54 Å². The topological polar surface area (TPSA) is 68.0 Å². The number of rotatable bonds is 5. The number of nitrogens with one attached hydrogen (secondary N) is 1. The van der Waals surface area contributed by atoms with Crippen LogP contribution >= 0.6 is 27.3 Å². The Morgan fingerprint density at radius 2 is 2.11 bits per heavy atom. The highest BCUT2D eigenvalue weighted by Crippen LogP contribution is 2.26. The Labute approximate surface area is 117 Å². The van der Waals surface area contributed by atoms with Gasteiger partial charge in [0.05, 0.1) is 6.54 Å². The molecule has 0 aliphatic heterocycles. The molecule has 3 N–H and O–H groups in total.